The van der Waals surface area contributed by atoms with Gasteiger partial charge in [-0.25, -0.2) is 0 Å². The SMILES string of the molecule is Cc1cc(C(N)CCC2CCCCO2)cs1. The Hall–Kier alpha value is -0.380. The van der Waals surface area contributed by atoms with Crippen molar-refractivity contribution in [1.29, 1.82) is 0 Å². The van der Waals surface area contributed by atoms with Crippen molar-refractivity contribution in [2.24, 2.45) is 5.73 Å². The van der Waals surface area contributed by atoms with Gasteiger partial charge in [0, 0.05) is 17.5 Å². The van der Waals surface area contributed by atoms with Crippen LogP contribution < -0.4 is 5.73 Å². The van der Waals surface area contributed by atoms with Crippen LogP contribution in [0.15, 0.2) is 11.4 Å². The predicted molar refractivity (Wildman–Crippen MR) is 68.8 cm³/mol. The molecule has 2 nitrogen and oxygen atoms in total. The molecular formula is C13H21NOS. The molecule has 3 heteroatoms. The second-order valence-electron chi connectivity index (χ2n) is 4.66. The van der Waals surface area contributed by atoms with Gasteiger partial charge in [0.15, 0.2) is 0 Å². The molecule has 2 rings (SSSR count). The standard InChI is InChI=1S/C13H21NOS/c1-10-8-11(9-16-10)13(14)6-5-12-4-2-3-7-15-12/h8-9,12-13H,2-7,14H2,1H3. The van der Waals surface area contributed by atoms with Crippen LogP contribution in [-0.4, -0.2) is 12.7 Å². The molecule has 2 unspecified atom stereocenters. The first-order valence-electron chi connectivity index (χ1n) is 6.18. The smallest absolute Gasteiger partial charge is 0.0575 e. The number of nitrogens with two attached hydrogens (primary N) is 1. The molecular weight excluding hydrogens is 218 g/mol. The van der Waals surface area contributed by atoms with Gasteiger partial charge in [-0.3, -0.25) is 0 Å². The number of rotatable bonds is 4. The molecule has 2 N–H and O–H groups in total. The average molecular weight is 239 g/mol. The zero-order valence-electron chi connectivity index (χ0n) is 9.95. The van der Waals surface area contributed by atoms with E-state index in [1.54, 1.807) is 11.3 Å². The maximum absolute atomic E-state index is 6.18. The second-order valence-corrected chi connectivity index (χ2v) is 5.78. The Morgan fingerprint density at radius 2 is 2.44 bits per heavy atom. The first-order chi connectivity index (χ1) is 7.75. The van der Waals surface area contributed by atoms with E-state index in [0.29, 0.717) is 6.10 Å². The number of hydrogen-bond acceptors (Lipinski definition) is 3. The molecule has 0 bridgehead atoms. The molecule has 1 aromatic heterocycles. The van der Waals surface area contributed by atoms with Crippen LogP contribution in [0.25, 0.3) is 0 Å². The van der Waals surface area contributed by atoms with Crippen LogP contribution in [0.2, 0.25) is 0 Å². The molecule has 0 amide bonds. The molecule has 2 heterocycles. The van der Waals surface area contributed by atoms with Crippen molar-refractivity contribution in [3.63, 3.8) is 0 Å². The third-order valence-electron chi connectivity index (χ3n) is 3.25. The molecule has 90 valence electrons. The number of aryl methyl sites for hydroxylation is 1. The fourth-order valence-electron chi connectivity index (χ4n) is 2.23. The van der Waals surface area contributed by atoms with Crippen LogP contribution in [0.5, 0.6) is 0 Å². The van der Waals surface area contributed by atoms with Gasteiger partial charge in [-0.05, 0) is 56.0 Å². The summed E-state index contributed by atoms with van der Waals surface area (Å²) in [5.74, 6) is 0. The molecule has 1 fully saturated rings. The van der Waals surface area contributed by atoms with Gasteiger partial charge in [-0.2, -0.15) is 0 Å². The van der Waals surface area contributed by atoms with Crippen LogP contribution >= 0.6 is 11.3 Å². The quantitative estimate of drug-likeness (QED) is 0.874. The van der Waals surface area contributed by atoms with Crippen molar-refractivity contribution in [3.05, 3.63) is 21.9 Å². The summed E-state index contributed by atoms with van der Waals surface area (Å²) in [6, 6.07) is 2.40. The van der Waals surface area contributed by atoms with Crippen LogP contribution in [0.4, 0.5) is 0 Å². The van der Waals surface area contributed by atoms with E-state index >= 15 is 0 Å². The molecule has 16 heavy (non-hydrogen) atoms. The van der Waals surface area contributed by atoms with E-state index in [0.717, 1.165) is 19.4 Å². The summed E-state index contributed by atoms with van der Waals surface area (Å²) in [4.78, 5) is 1.35. The lowest BCUT2D eigenvalue weighted by Gasteiger charge is -2.23. The molecule has 0 aliphatic carbocycles. The highest BCUT2D eigenvalue weighted by Gasteiger charge is 2.16. The Labute approximate surface area is 102 Å². The summed E-state index contributed by atoms with van der Waals surface area (Å²) in [5, 5.41) is 2.18. The van der Waals surface area contributed by atoms with Crippen molar-refractivity contribution in [1.82, 2.24) is 0 Å². The first kappa shape index (κ1) is 12.1. The second kappa shape index (κ2) is 5.80. The molecule has 2 atom stereocenters. The number of ether oxygens (including phenoxy) is 1. The Morgan fingerprint density at radius 1 is 1.56 bits per heavy atom. The van der Waals surface area contributed by atoms with Crippen molar-refractivity contribution in [2.45, 2.75) is 51.2 Å². The lowest BCUT2D eigenvalue weighted by atomic mass is 9.99. The van der Waals surface area contributed by atoms with E-state index in [4.69, 9.17) is 10.5 Å². The minimum atomic E-state index is 0.190. The Kier molecular flexibility index (Phi) is 4.38. The predicted octanol–water partition coefficient (Wildman–Crippen LogP) is 3.41. The maximum Gasteiger partial charge on any atom is 0.0575 e. The highest BCUT2D eigenvalue weighted by Crippen LogP contribution is 2.25. The normalized spacial score (nSPS) is 23.2. The minimum absolute atomic E-state index is 0.190. The Morgan fingerprint density at radius 3 is 3.06 bits per heavy atom. The van der Waals surface area contributed by atoms with Crippen molar-refractivity contribution in [3.8, 4) is 0 Å². The van der Waals surface area contributed by atoms with Gasteiger partial charge in [-0.1, -0.05) is 0 Å². The van der Waals surface area contributed by atoms with E-state index in [9.17, 15) is 0 Å². The highest BCUT2D eigenvalue weighted by molar-refractivity contribution is 7.10. The topological polar surface area (TPSA) is 35.2 Å². The molecule has 1 aliphatic rings. The fourth-order valence-corrected chi connectivity index (χ4v) is 2.99. The summed E-state index contributed by atoms with van der Waals surface area (Å²) >= 11 is 1.78. The molecule has 1 aromatic rings. The van der Waals surface area contributed by atoms with Crippen LogP contribution in [0, 0.1) is 6.92 Å². The van der Waals surface area contributed by atoms with Crippen LogP contribution in [0.3, 0.4) is 0 Å². The summed E-state index contributed by atoms with van der Waals surface area (Å²) < 4.78 is 5.72. The van der Waals surface area contributed by atoms with Crippen molar-refractivity contribution in [2.75, 3.05) is 6.61 Å². The van der Waals surface area contributed by atoms with E-state index in [1.165, 1.54) is 29.7 Å². The fraction of sp³-hybridized carbons (Fsp3) is 0.692. The number of hydrogen-bond donors (Lipinski definition) is 1. The van der Waals surface area contributed by atoms with Gasteiger partial charge < -0.3 is 10.5 Å². The zero-order valence-corrected chi connectivity index (χ0v) is 10.8. The first-order valence-corrected chi connectivity index (χ1v) is 7.06. The van der Waals surface area contributed by atoms with Crippen LogP contribution in [0.1, 0.15) is 48.6 Å². The third-order valence-corrected chi connectivity index (χ3v) is 4.13. The Balaban J connectivity index is 1.76. The largest absolute Gasteiger partial charge is 0.378 e. The van der Waals surface area contributed by atoms with Crippen molar-refractivity contribution < 1.29 is 4.74 Å². The molecule has 0 spiro atoms. The van der Waals surface area contributed by atoms with Gasteiger partial charge in [0.05, 0.1) is 6.10 Å². The summed E-state index contributed by atoms with van der Waals surface area (Å²) in [7, 11) is 0. The Bertz CT molecular complexity index is 317. The molecule has 0 saturated carbocycles. The van der Waals surface area contributed by atoms with E-state index < -0.39 is 0 Å². The van der Waals surface area contributed by atoms with Gasteiger partial charge >= 0.3 is 0 Å². The highest BCUT2D eigenvalue weighted by atomic mass is 32.1. The van der Waals surface area contributed by atoms with Gasteiger partial charge in [0.2, 0.25) is 0 Å². The van der Waals surface area contributed by atoms with Gasteiger partial charge in [0.25, 0.3) is 0 Å². The monoisotopic (exact) mass is 239 g/mol. The maximum atomic E-state index is 6.18. The minimum Gasteiger partial charge on any atom is -0.378 e. The summed E-state index contributed by atoms with van der Waals surface area (Å²) in [5.41, 5.74) is 7.47. The average Bonchev–Trinajstić information content (AvgIpc) is 2.74. The number of thiophene rings is 1. The van der Waals surface area contributed by atoms with E-state index in [2.05, 4.69) is 18.4 Å². The summed E-state index contributed by atoms with van der Waals surface area (Å²) in [6.07, 6.45) is 6.37. The molecule has 0 radical (unpaired) electrons. The third kappa shape index (κ3) is 3.30. The zero-order chi connectivity index (χ0) is 11.4. The van der Waals surface area contributed by atoms with Crippen molar-refractivity contribution >= 4 is 11.3 Å². The van der Waals surface area contributed by atoms with Gasteiger partial charge in [-0.15, -0.1) is 11.3 Å². The molecule has 1 aliphatic heterocycles. The van der Waals surface area contributed by atoms with E-state index in [-0.39, 0.29) is 6.04 Å². The molecule has 1 saturated heterocycles. The van der Waals surface area contributed by atoms with Crippen LogP contribution in [-0.2, 0) is 4.74 Å². The van der Waals surface area contributed by atoms with E-state index in [1.807, 2.05) is 0 Å². The van der Waals surface area contributed by atoms with Gasteiger partial charge in [0.1, 0.15) is 0 Å². The summed E-state index contributed by atoms with van der Waals surface area (Å²) in [6.45, 7) is 3.07. The molecule has 0 aromatic carbocycles. The lowest BCUT2D eigenvalue weighted by Crippen LogP contribution is -2.21. The lowest BCUT2D eigenvalue weighted by molar-refractivity contribution is 0.00913.